The zero-order valence-electron chi connectivity index (χ0n) is 14.1. The molecular formula is C18H23N3O2S. The maximum atomic E-state index is 12.6. The van der Waals surface area contributed by atoms with Crippen LogP contribution in [0.2, 0.25) is 0 Å². The van der Waals surface area contributed by atoms with Gasteiger partial charge in [0.2, 0.25) is 0 Å². The minimum absolute atomic E-state index is 0.0824. The summed E-state index contributed by atoms with van der Waals surface area (Å²) in [5.74, 6) is 0.0824. The van der Waals surface area contributed by atoms with Crippen LogP contribution < -0.4 is 5.32 Å². The van der Waals surface area contributed by atoms with Crippen molar-refractivity contribution < 1.29 is 9.53 Å². The van der Waals surface area contributed by atoms with E-state index in [-0.39, 0.29) is 18.1 Å². The van der Waals surface area contributed by atoms with E-state index < -0.39 is 0 Å². The topological polar surface area (TPSA) is 54.5 Å². The van der Waals surface area contributed by atoms with Crippen molar-refractivity contribution in [3.05, 3.63) is 52.0 Å². The van der Waals surface area contributed by atoms with Crippen molar-refractivity contribution in [2.75, 3.05) is 13.1 Å². The van der Waals surface area contributed by atoms with Crippen LogP contribution in [0.15, 0.2) is 35.2 Å². The molecule has 1 aliphatic rings. The zero-order valence-corrected chi connectivity index (χ0v) is 14.9. The van der Waals surface area contributed by atoms with E-state index in [0.717, 1.165) is 29.9 Å². The van der Waals surface area contributed by atoms with Crippen molar-refractivity contribution >= 4 is 17.2 Å². The lowest BCUT2D eigenvalue weighted by molar-refractivity contribution is -0.0586. The highest BCUT2D eigenvalue weighted by Gasteiger charge is 2.26. The molecule has 6 heteroatoms. The fourth-order valence-electron chi connectivity index (χ4n) is 2.95. The normalized spacial score (nSPS) is 21.0. The molecule has 1 saturated heterocycles. The van der Waals surface area contributed by atoms with Gasteiger partial charge in [0, 0.05) is 37.1 Å². The summed E-state index contributed by atoms with van der Waals surface area (Å²) in [6.45, 7) is 6.84. The predicted molar refractivity (Wildman–Crippen MR) is 95.0 cm³/mol. The Hall–Kier alpha value is -1.76. The molecule has 2 unspecified atom stereocenters. The van der Waals surface area contributed by atoms with Gasteiger partial charge in [-0.1, -0.05) is 12.1 Å². The molecule has 128 valence electrons. The third-order valence-electron chi connectivity index (χ3n) is 4.03. The van der Waals surface area contributed by atoms with Gasteiger partial charge < -0.3 is 15.0 Å². The summed E-state index contributed by atoms with van der Waals surface area (Å²) < 4.78 is 5.69. The van der Waals surface area contributed by atoms with Gasteiger partial charge in [-0.05, 0) is 31.5 Å². The SMILES string of the molecule is CC1CN(C(=O)c2ccc(CNCc3cscn3)cc2)CC(C)O1. The second kappa shape index (κ2) is 7.88. The quantitative estimate of drug-likeness (QED) is 0.905. The van der Waals surface area contributed by atoms with E-state index in [1.807, 2.05) is 53.9 Å². The lowest BCUT2D eigenvalue weighted by Gasteiger charge is -2.35. The summed E-state index contributed by atoms with van der Waals surface area (Å²) in [5.41, 5.74) is 4.79. The fraction of sp³-hybridized carbons (Fsp3) is 0.444. The summed E-state index contributed by atoms with van der Waals surface area (Å²) in [5, 5.41) is 5.40. The van der Waals surface area contributed by atoms with E-state index in [1.165, 1.54) is 0 Å². The highest BCUT2D eigenvalue weighted by atomic mass is 32.1. The first-order valence-electron chi connectivity index (χ1n) is 8.23. The Labute approximate surface area is 146 Å². The zero-order chi connectivity index (χ0) is 16.9. The fourth-order valence-corrected chi connectivity index (χ4v) is 3.51. The number of aromatic nitrogens is 1. The second-order valence-corrected chi connectivity index (χ2v) is 6.97. The Balaban J connectivity index is 1.54. The molecule has 0 radical (unpaired) electrons. The molecule has 1 N–H and O–H groups in total. The Bertz CT molecular complexity index is 647. The lowest BCUT2D eigenvalue weighted by Crippen LogP contribution is -2.48. The van der Waals surface area contributed by atoms with Crippen molar-refractivity contribution in [3.63, 3.8) is 0 Å². The third kappa shape index (κ3) is 4.41. The Kier molecular flexibility index (Phi) is 5.60. The maximum absolute atomic E-state index is 12.6. The first-order valence-corrected chi connectivity index (χ1v) is 9.17. The van der Waals surface area contributed by atoms with Crippen LogP contribution in [0, 0.1) is 0 Å². The average molecular weight is 345 g/mol. The number of carbonyl (C=O) groups excluding carboxylic acids is 1. The smallest absolute Gasteiger partial charge is 0.254 e. The van der Waals surface area contributed by atoms with E-state index in [9.17, 15) is 4.79 Å². The van der Waals surface area contributed by atoms with Crippen LogP contribution in [-0.2, 0) is 17.8 Å². The third-order valence-corrected chi connectivity index (χ3v) is 4.66. The molecule has 0 spiro atoms. The largest absolute Gasteiger partial charge is 0.372 e. The van der Waals surface area contributed by atoms with Crippen LogP contribution in [0.25, 0.3) is 0 Å². The van der Waals surface area contributed by atoms with Gasteiger partial charge >= 0.3 is 0 Å². The van der Waals surface area contributed by atoms with Gasteiger partial charge in [-0.15, -0.1) is 11.3 Å². The number of thiazole rings is 1. The molecule has 0 aliphatic carbocycles. The number of ether oxygens (including phenoxy) is 1. The molecule has 0 saturated carbocycles. The van der Waals surface area contributed by atoms with E-state index in [2.05, 4.69) is 10.3 Å². The second-order valence-electron chi connectivity index (χ2n) is 6.25. The molecule has 0 bridgehead atoms. The average Bonchev–Trinajstić information content (AvgIpc) is 3.07. The van der Waals surface area contributed by atoms with Crippen LogP contribution in [0.3, 0.4) is 0 Å². The number of morpholine rings is 1. The van der Waals surface area contributed by atoms with Gasteiger partial charge in [0.05, 0.1) is 23.4 Å². The number of carbonyl (C=O) groups is 1. The summed E-state index contributed by atoms with van der Waals surface area (Å²) in [6, 6.07) is 7.84. The number of benzene rings is 1. The Morgan fingerprint density at radius 3 is 2.58 bits per heavy atom. The van der Waals surface area contributed by atoms with Gasteiger partial charge in [-0.3, -0.25) is 4.79 Å². The first kappa shape index (κ1) is 17.1. The molecule has 2 atom stereocenters. The minimum Gasteiger partial charge on any atom is -0.372 e. The highest BCUT2D eigenvalue weighted by Crippen LogP contribution is 2.15. The van der Waals surface area contributed by atoms with Crippen LogP contribution in [0.5, 0.6) is 0 Å². The molecule has 1 aromatic carbocycles. The Morgan fingerprint density at radius 2 is 1.96 bits per heavy atom. The van der Waals surface area contributed by atoms with E-state index in [0.29, 0.717) is 13.1 Å². The van der Waals surface area contributed by atoms with E-state index in [4.69, 9.17) is 4.74 Å². The molecule has 2 heterocycles. The lowest BCUT2D eigenvalue weighted by atomic mass is 10.1. The molecule has 3 rings (SSSR count). The summed E-state index contributed by atoms with van der Waals surface area (Å²) in [4.78, 5) is 18.7. The van der Waals surface area contributed by atoms with Gasteiger partial charge in [0.15, 0.2) is 0 Å². The number of hydrogen-bond donors (Lipinski definition) is 1. The van der Waals surface area contributed by atoms with Crippen LogP contribution in [0.4, 0.5) is 0 Å². The molecule has 1 fully saturated rings. The van der Waals surface area contributed by atoms with E-state index >= 15 is 0 Å². The number of amides is 1. The Morgan fingerprint density at radius 1 is 1.25 bits per heavy atom. The first-order chi connectivity index (χ1) is 11.6. The van der Waals surface area contributed by atoms with Crippen molar-refractivity contribution in [1.82, 2.24) is 15.2 Å². The summed E-state index contributed by atoms with van der Waals surface area (Å²) in [7, 11) is 0. The molecular weight excluding hydrogens is 322 g/mol. The number of rotatable bonds is 5. The van der Waals surface area contributed by atoms with Crippen molar-refractivity contribution in [2.45, 2.75) is 39.1 Å². The number of nitrogens with zero attached hydrogens (tertiary/aromatic N) is 2. The van der Waals surface area contributed by atoms with Crippen molar-refractivity contribution in [1.29, 1.82) is 0 Å². The van der Waals surface area contributed by atoms with Gasteiger partial charge in [-0.2, -0.15) is 0 Å². The monoisotopic (exact) mass is 345 g/mol. The van der Waals surface area contributed by atoms with Crippen LogP contribution >= 0.6 is 11.3 Å². The molecule has 2 aromatic rings. The minimum atomic E-state index is 0.0824. The maximum Gasteiger partial charge on any atom is 0.254 e. The van der Waals surface area contributed by atoms with Gasteiger partial charge in [-0.25, -0.2) is 4.98 Å². The van der Waals surface area contributed by atoms with Crippen molar-refractivity contribution in [3.8, 4) is 0 Å². The molecule has 1 aliphatic heterocycles. The van der Waals surface area contributed by atoms with Crippen molar-refractivity contribution in [2.24, 2.45) is 0 Å². The van der Waals surface area contributed by atoms with Gasteiger partial charge in [0.25, 0.3) is 5.91 Å². The number of hydrogen-bond acceptors (Lipinski definition) is 5. The number of nitrogens with one attached hydrogen (secondary N) is 1. The summed E-state index contributed by atoms with van der Waals surface area (Å²) in [6.07, 6.45) is 0.179. The van der Waals surface area contributed by atoms with Crippen LogP contribution in [0.1, 0.15) is 35.5 Å². The molecule has 5 nitrogen and oxygen atoms in total. The molecule has 24 heavy (non-hydrogen) atoms. The van der Waals surface area contributed by atoms with Gasteiger partial charge in [0.1, 0.15) is 0 Å². The highest BCUT2D eigenvalue weighted by molar-refractivity contribution is 7.07. The molecule has 1 amide bonds. The van der Waals surface area contributed by atoms with E-state index in [1.54, 1.807) is 11.3 Å². The van der Waals surface area contributed by atoms with Crippen LogP contribution in [-0.4, -0.2) is 41.1 Å². The molecule has 1 aromatic heterocycles. The standard InChI is InChI=1S/C18H23N3O2S/c1-13-9-21(10-14(2)23-13)18(22)16-5-3-15(4-6-16)7-19-8-17-11-24-12-20-17/h3-6,11-14,19H,7-10H2,1-2H3. The predicted octanol–water partition coefficient (Wildman–Crippen LogP) is 2.68. The summed E-state index contributed by atoms with van der Waals surface area (Å²) >= 11 is 1.60.